The standard InChI is InChI=1S/C7H14N2/c8-6-3-7(4-6)1-2-9-5-7/h6,9H,1-5,8H2. The van der Waals surface area contributed by atoms with Gasteiger partial charge < -0.3 is 11.1 Å². The smallest absolute Gasteiger partial charge is 0.00503 e. The maximum Gasteiger partial charge on any atom is 0.00503 e. The van der Waals surface area contributed by atoms with Gasteiger partial charge in [0.2, 0.25) is 0 Å². The molecule has 2 nitrogen and oxygen atoms in total. The van der Waals surface area contributed by atoms with Crippen LogP contribution in [0.25, 0.3) is 0 Å². The lowest BCUT2D eigenvalue weighted by Gasteiger charge is -2.42. The first-order chi connectivity index (χ1) is 4.31. The van der Waals surface area contributed by atoms with Crippen LogP contribution in [0.1, 0.15) is 19.3 Å². The van der Waals surface area contributed by atoms with E-state index in [0.29, 0.717) is 11.5 Å². The molecule has 0 radical (unpaired) electrons. The third-order valence-corrected chi connectivity index (χ3v) is 2.72. The lowest BCUT2D eigenvalue weighted by atomic mass is 9.65. The molecule has 0 aromatic rings. The van der Waals surface area contributed by atoms with Gasteiger partial charge >= 0.3 is 0 Å². The fourth-order valence-electron chi connectivity index (χ4n) is 2.20. The van der Waals surface area contributed by atoms with Crippen molar-refractivity contribution in [3.8, 4) is 0 Å². The Hall–Kier alpha value is -0.0800. The Labute approximate surface area is 55.8 Å². The van der Waals surface area contributed by atoms with Crippen LogP contribution in [0, 0.1) is 5.41 Å². The van der Waals surface area contributed by atoms with Crippen LogP contribution in [0.15, 0.2) is 0 Å². The van der Waals surface area contributed by atoms with E-state index in [9.17, 15) is 0 Å². The summed E-state index contributed by atoms with van der Waals surface area (Å²) in [5.41, 5.74) is 6.36. The maximum absolute atomic E-state index is 5.71. The van der Waals surface area contributed by atoms with Gasteiger partial charge in [-0.1, -0.05) is 0 Å². The minimum atomic E-state index is 0.518. The highest BCUT2D eigenvalue weighted by atomic mass is 14.9. The molecule has 0 aromatic heterocycles. The summed E-state index contributed by atoms with van der Waals surface area (Å²) in [6, 6.07) is 0.518. The van der Waals surface area contributed by atoms with Crippen molar-refractivity contribution in [3.63, 3.8) is 0 Å². The summed E-state index contributed by atoms with van der Waals surface area (Å²) in [7, 11) is 0. The largest absolute Gasteiger partial charge is 0.328 e. The van der Waals surface area contributed by atoms with Crippen LogP contribution in [0.3, 0.4) is 0 Å². The summed E-state index contributed by atoms with van der Waals surface area (Å²) < 4.78 is 0. The molecule has 2 rings (SSSR count). The van der Waals surface area contributed by atoms with E-state index in [2.05, 4.69) is 5.32 Å². The third-order valence-electron chi connectivity index (χ3n) is 2.72. The third kappa shape index (κ3) is 0.775. The van der Waals surface area contributed by atoms with Crippen LogP contribution < -0.4 is 11.1 Å². The Bertz CT molecular complexity index is 108. The first kappa shape index (κ1) is 5.69. The molecular weight excluding hydrogens is 112 g/mol. The van der Waals surface area contributed by atoms with E-state index in [4.69, 9.17) is 5.73 Å². The van der Waals surface area contributed by atoms with Crippen molar-refractivity contribution in [1.29, 1.82) is 0 Å². The van der Waals surface area contributed by atoms with Crippen molar-refractivity contribution < 1.29 is 0 Å². The van der Waals surface area contributed by atoms with Crippen molar-refractivity contribution in [3.05, 3.63) is 0 Å². The van der Waals surface area contributed by atoms with Crippen molar-refractivity contribution in [2.75, 3.05) is 13.1 Å². The number of rotatable bonds is 0. The molecule has 0 amide bonds. The van der Waals surface area contributed by atoms with Crippen LogP contribution in [0.4, 0.5) is 0 Å². The van der Waals surface area contributed by atoms with Gasteiger partial charge in [-0.3, -0.25) is 0 Å². The SMILES string of the molecule is NC1CC2(CCNC2)C1. The monoisotopic (exact) mass is 126 g/mol. The molecule has 1 aliphatic carbocycles. The molecule has 2 aliphatic rings. The van der Waals surface area contributed by atoms with Crippen LogP contribution in [-0.2, 0) is 0 Å². The molecule has 0 unspecified atom stereocenters. The van der Waals surface area contributed by atoms with E-state index in [1.54, 1.807) is 0 Å². The zero-order valence-electron chi connectivity index (χ0n) is 5.69. The van der Waals surface area contributed by atoms with E-state index >= 15 is 0 Å². The highest BCUT2D eigenvalue weighted by molar-refractivity contribution is 5.00. The molecule has 2 heteroatoms. The number of nitrogens with two attached hydrogens (primary N) is 1. The van der Waals surface area contributed by atoms with Crippen molar-refractivity contribution in [2.45, 2.75) is 25.3 Å². The molecule has 0 aromatic carbocycles. The van der Waals surface area contributed by atoms with Gasteiger partial charge in [0.05, 0.1) is 0 Å². The first-order valence-corrected chi connectivity index (χ1v) is 3.77. The lowest BCUT2D eigenvalue weighted by molar-refractivity contribution is 0.130. The average molecular weight is 126 g/mol. The van der Waals surface area contributed by atoms with Gasteiger partial charge in [0.25, 0.3) is 0 Å². The molecule has 0 bridgehead atoms. The minimum Gasteiger partial charge on any atom is -0.328 e. The van der Waals surface area contributed by atoms with Crippen LogP contribution in [-0.4, -0.2) is 19.1 Å². The highest BCUT2D eigenvalue weighted by Gasteiger charge is 2.43. The summed E-state index contributed by atoms with van der Waals surface area (Å²) in [6.07, 6.45) is 3.89. The Kier molecular flexibility index (Phi) is 1.08. The Balaban J connectivity index is 1.95. The van der Waals surface area contributed by atoms with Gasteiger partial charge in [-0.05, 0) is 31.2 Å². The van der Waals surface area contributed by atoms with Crippen molar-refractivity contribution in [1.82, 2.24) is 5.32 Å². The van der Waals surface area contributed by atoms with E-state index < -0.39 is 0 Å². The van der Waals surface area contributed by atoms with Gasteiger partial charge in [0.1, 0.15) is 0 Å². The zero-order valence-corrected chi connectivity index (χ0v) is 5.69. The fraction of sp³-hybridized carbons (Fsp3) is 1.00. The molecule has 52 valence electrons. The Morgan fingerprint density at radius 2 is 2.22 bits per heavy atom. The maximum atomic E-state index is 5.71. The molecule has 9 heavy (non-hydrogen) atoms. The minimum absolute atomic E-state index is 0.518. The fourth-order valence-corrected chi connectivity index (χ4v) is 2.20. The van der Waals surface area contributed by atoms with E-state index in [-0.39, 0.29) is 0 Å². The van der Waals surface area contributed by atoms with Gasteiger partial charge in [0, 0.05) is 12.6 Å². The molecule has 0 atom stereocenters. The second kappa shape index (κ2) is 1.70. The van der Waals surface area contributed by atoms with E-state index in [1.165, 1.54) is 32.4 Å². The summed E-state index contributed by atoms with van der Waals surface area (Å²) >= 11 is 0. The number of hydrogen-bond acceptors (Lipinski definition) is 2. The predicted molar refractivity (Wildman–Crippen MR) is 37.1 cm³/mol. The molecular formula is C7H14N2. The van der Waals surface area contributed by atoms with Gasteiger partial charge in [-0.25, -0.2) is 0 Å². The Morgan fingerprint density at radius 3 is 2.67 bits per heavy atom. The molecule has 1 aliphatic heterocycles. The number of hydrogen-bond donors (Lipinski definition) is 2. The van der Waals surface area contributed by atoms with E-state index in [0.717, 1.165) is 0 Å². The van der Waals surface area contributed by atoms with Crippen LogP contribution in [0.2, 0.25) is 0 Å². The predicted octanol–water partition coefficient (Wildman–Crippen LogP) is 0.0872. The second-order valence-electron chi connectivity index (χ2n) is 3.60. The quantitative estimate of drug-likeness (QED) is 0.482. The molecule has 2 fully saturated rings. The normalized spacial score (nSPS) is 49.7. The first-order valence-electron chi connectivity index (χ1n) is 3.77. The topological polar surface area (TPSA) is 38.0 Å². The van der Waals surface area contributed by atoms with Gasteiger partial charge in [-0.2, -0.15) is 0 Å². The van der Waals surface area contributed by atoms with Crippen LogP contribution in [0.5, 0.6) is 0 Å². The average Bonchev–Trinajstić information content (AvgIpc) is 2.12. The molecule has 1 saturated heterocycles. The summed E-state index contributed by atoms with van der Waals surface area (Å²) in [4.78, 5) is 0. The molecule has 1 saturated carbocycles. The van der Waals surface area contributed by atoms with Gasteiger partial charge in [0.15, 0.2) is 0 Å². The summed E-state index contributed by atoms with van der Waals surface area (Å²) in [6.45, 7) is 2.44. The number of nitrogens with one attached hydrogen (secondary N) is 1. The van der Waals surface area contributed by atoms with E-state index in [1.807, 2.05) is 0 Å². The van der Waals surface area contributed by atoms with Crippen molar-refractivity contribution >= 4 is 0 Å². The molecule has 1 spiro atoms. The second-order valence-corrected chi connectivity index (χ2v) is 3.60. The molecule has 1 heterocycles. The summed E-state index contributed by atoms with van der Waals surface area (Å²) in [5.74, 6) is 0. The summed E-state index contributed by atoms with van der Waals surface area (Å²) in [5, 5.41) is 3.38. The Morgan fingerprint density at radius 1 is 1.44 bits per heavy atom. The molecule has 3 N–H and O–H groups in total. The highest BCUT2D eigenvalue weighted by Crippen LogP contribution is 2.44. The van der Waals surface area contributed by atoms with Crippen molar-refractivity contribution in [2.24, 2.45) is 11.1 Å². The lowest BCUT2D eigenvalue weighted by Crippen LogP contribution is -2.47. The zero-order chi connectivity index (χ0) is 6.32. The van der Waals surface area contributed by atoms with Gasteiger partial charge in [-0.15, -0.1) is 0 Å². The van der Waals surface area contributed by atoms with Crippen LogP contribution >= 0.6 is 0 Å².